The van der Waals surface area contributed by atoms with Crippen LogP contribution in [-0.2, 0) is 5.88 Å². The quantitative estimate of drug-likeness (QED) is 0.621. The summed E-state index contributed by atoms with van der Waals surface area (Å²) in [5.74, 6) is 0.772. The predicted octanol–water partition coefficient (Wildman–Crippen LogP) is 4.67. The zero-order chi connectivity index (χ0) is 13.4. The van der Waals surface area contributed by atoms with E-state index in [-0.39, 0.29) is 5.82 Å². The average Bonchev–Trinajstić information content (AvgIpc) is 2.77. The van der Waals surface area contributed by atoms with E-state index in [0.29, 0.717) is 5.88 Å². The van der Waals surface area contributed by atoms with Gasteiger partial charge in [0.1, 0.15) is 11.6 Å². The number of aromatic nitrogens is 2. The zero-order valence-electron chi connectivity index (χ0n) is 9.78. The van der Waals surface area contributed by atoms with Gasteiger partial charge in [-0.3, -0.25) is 4.57 Å². The Balaban J connectivity index is 2.29. The van der Waals surface area contributed by atoms with Gasteiger partial charge in [-0.15, -0.1) is 11.6 Å². The summed E-state index contributed by atoms with van der Waals surface area (Å²) in [4.78, 5) is 4.50. The van der Waals surface area contributed by atoms with Crippen LogP contribution in [0.3, 0.4) is 0 Å². The van der Waals surface area contributed by atoms with E-state index in [1.165, 1.54) is 12.1 Å². The van der Waals surface area contributed by atoms with Crippen molar-refractivity contribution in [3.8, 4) is 5.69 Å². The summed E-state index contributed by atoms with van der Waals surface area (Å²) in [5.41, 5.74) is 2.65. The number of alkyl halides is 1. The van der Waals surface area contributed by atoms with Crippen molar-refractivity contribution in [3.05, 3.63) is 58.6 Å². The maximum atomic E-state index is 13.0. The van der Waals surface area contributed by atoms with E-state index in [4.69, 9.17) is 11.6 Å². The second-order valence-electron chi connectivity index (χ2n) is 4.11. The van der Waals surface area contributed by atoms with E-state index in [1.807, 2.05) is 22.8 Å². The molecule has 0 aliphatic rings. The summed E-state index contributed by atoms with van der Waals surface area (Å²) < 4.78 is 15.9. The molecule has 0 saturated heterocycles. The number of benzene rings is 2. The minimum Gasteiger partial charge on any atom is -0.295 e. The molecule has 2 nitrogen and oxygen atoms in total. The van der Waals surface area contributed by atoms with Gasteiger partial charge in [0.15, 0.2) is 0 Å². The fraction of sp³-hybridized carbons (Fsp3) is 0.0714. The molecule has 96 valence electrons. The summed E-state index contributed by atoms with van der Waals surface area (Å²) in [6.45, 7) is 0. The summed E-state index contributed by atoms with van der Waals surface area (Å²) in [6, 6.07) is 12.1. The number of hydrogen-bond donors (Lipinski definition) is 0. The lowest BCUT2D eigenvalue weighted by Crippen LogP contribution is -1.99. The molecule has 2 aromatic carbocycles. The van der Waals surface area contributed by atoms with Crippen LogP contribution in [0.4, 0.5) is 4.39 Å². The number of imidazole rings is 1. The van der Waals surface area contributed by atoms with Crippen LogP contribution in [0.1, 0.15) is 5.82 Å². The number of nitrogens with zero attached hydrogens (tertiary/aromatic N) is 2. The van der Waals surface area contributed by atoms with E-state index in [1.54, 1.807) is 12.1 Å². The normalized spacial score (nSPS) is 11.1. The van der Waals surface area contributed by atoms with Crippen molar-refractivity contribution in [1.29, 1.82) is 0 Å². The fourth-order valence-corrected chi connectivity index (χ4v) is 2.60. The molecule has 5 heteroatoms. The molecule has 0 aliphatic heterocycles. The van der Waals surface area contributed by atoms with E-state index in [0.717, 1.165) is 27.0 Å². The van der Waals surface area contributed by atoms with Crippen LogP contribution in [0.5, 0.6) is 0 Å². The van der Waals surface area contributed by atoms with Crippen LogP contribution in [-0.4, -0.2) is 9.55 Å². The second kappa shape index (κ2) is 4.94. The molecule has 3 rings (SSSR count). The maximum Gasteiger partial charge on any atom is 0.129 e. The van der Waals surface area contributed by atoms with Gasteiger partial charge in [-0.25, -0.2) is 9.37 Å². The van der Waals surface area contributed by atoms with Gasteiger partial charge >= 0.3 is 0 Å². The highest BCUT2D eigenvalue weighted by molar-refractivity contribution is 9.10. The SMILES string of the molecule is Fc1ccc(-n2c(CCl)nc3cc(Br)ccc32)cc1. The topological polar surface area (TPSA) is 17.8 Å². The largest absolute Gasteiger partial charge is 0.295 e. The standard InChI is InChI=1S/C14H9BrClFN2/c15-9-1-6-13-12(7-9)18-14(8-16)19(13)11-4-2-10(17)3-5-11/h1-7H,8H2. The van der Waals surface area contributed by atoms with E-state index in [9.17, 15) is 4.39 Å². The molecule has 0 N–H and O–H groups in total. The Morgan fingerprint density at radius 2 is 1.89 bits per heavy atom. The molecule has 0 atom stereocenters. The van der Waals surface area contributed by atoms with Crippen molar-refractivity contribution in [3.63, 3.8) is 0 Å². The molecular formula is C14H9BrClFN2. The third-order valence-corrected chi connectivity index (χ3v) is 3.62. The van der Waals surface area contributed by atoms with E-state index < -0.39 is 0 Å². The van der Waals surface area contributed by atoms with Crippen molar-refractivity contribution in [1.82, 2.24) is 9.55 Å². The zero-order valence-corrected chi connectivity index (χ0v) is 12.1. The van der Waals surface area contributed by atoms with E-state index >= 15 is 0 Å². The third kappa shape index (κ3) is 2.26. The van der Waals surface area contributed by atoms with Crippen molar-refractivity contribution >= 4 is 38.6 Å². The lowest BCUT2D eigenvalue weighted by atomic mass is 10.2. The Bertz CT molecular complexity index is 737. The lowest BCUT2D eigenvalue weighted by Gasteiger charge is -2.07. The first-order valence-electron chi connectivity index (χ1n) is 5.68. The molecule has 19 heavy (non-hydrogen) atoms. The molecule has 0 bridgehead atoms. The van der Waals surface area contributed by atoms with Crippen LogP contribution in [0, 0.1) is 5.82 Å². The Morgan fingerprint density at radius 3 is 2.58 bits per heavy atom. The van der Waals surface area contributed by atoms with Gasteiger partial charge in [0.2, 0.25) is 0 Å². The van der Waals surface area contributed by atoms with Crippen molar-refractivity contribution in [2.75, 3.05) is 0 Å². The highest BCUT2D eigenvalue weighted by Crippen LogP contribution is 2.25. The fourth-order valence-electron chi connectivity index (χ4n) is 2.07. The predicted molar refractivity (Wildman–Crippen MR) is 78.3 cm³/mol. The van der Waals surface area contributed by atoms with Crippen LogP contribution in [0.2, 0.25) is 0 Å². The molecule has 1 heterocycles. The Hall–Kier alpha value is -1.39. The molecule has 0 unspecified atom stereocenters. The van der Waals surface area contributed by atoms with Crippen molar-refractivity contribution < 1.29 is 4.39 Å². The Morgan fingerprint density at radius 1 is 1.16 bits per heavy atom. The van der Waals surface area contributed by atoms with Crippen LogP contribution >= 0.6 is 27.5 Å². The van der Waals surface area contributed by atoms with Gasteiger partial charge in [-0.1, -0.05) is 15.9 Å². The molecule has 0 radical (unpaired) electrons. The molecule has 3 aromatic rings. The Labute approximate surface area is 123 Å². The molecule has 0 amide bonds. The van der Waals surface area contributed by atoms with Crippen molar-refractivity contribution in [2.45, 2.75) is 5.88 Å². The second-order valence-corrected chi connectivity index (χ2v) is 5.29. The molecule has 0 fully saturated rings. The molecule has 0 spiro atoms. The van der Waals surface area contributed by atoms with Crippen LogP contribution < -0.4 is 0 Å². The van der Waals surface area contributed by atoms with Gasteiger partial charge in [0, 0.05) is 10.2 Å². The minimum absolute atomic E-state index is 0.261. The van der Waals surface area contributed by atoms with E-state index in [2.05, 4.69) is 20.9 Å². The van der Waals surface area contributed by atoms with Gasteiger partial charge < -0.3 is 0 Å². The highest BCUT2D eigenvalue weighted by Gasteiger charge is 2.11. The summed E-state index contributed by atoms with van der Waals surface area (Å²) in [5, 5.41) is 0. The van der Waals surface area contributed by atoms with Gasteiger partial charge in [0.05, 0.1) is 16.9 Å². The first-order chi connectivity index (χ1) is 9.19. The van der Waals surface area contributed by atoms with Gasteiger partial charge in [-0.2, -0.15) is 0 Å². The number of hydrogen-bond acceptors (Lipinski definition) is 1. The lowest BCUT2D eigenvalue weighted by molar-refractivity contribution is 0.627. The molecule has 1 aromatic heterocycles. The van der Waals surface area contributed by atoms with Gasteiger partial charge in [0.25, 0.3) is 0 Å². The molecule has 0 aliphatic carbocycles. The van der Waals surface area contributed by atoms with Crippen molar-refractivity contribution in [2.24, 2.45) is 0 Å². The third-order valence-electron chi connectivity index (χ3n) is 2.89. The molecular weight excluding hydrogens is 331 g/mol. The first-order valence-corrected chi connectivity index (χ1v) is 7.00. The smallest absolute Gasteiger partial charge is 0.129 e. The highest BCUT2D eigenvalue weighted by atomic mass is 79.9. The van der Waals surface area contributed by atoms with Crippen LogP contribution in [0.15, 0.2) is 46.9 Å². The average molecular weight is 340 g/mol. The maximum absolute atomic E-state index is 13.0. The van der Waals surface area contributed by atoms with Gasteiger partial charge in [-0.05, 0) is 42.5 Å². The molecule has 0 saturated carbocycles. The summed E-state index contributed by atoms with van der Waals surface area (Å²) >= 11 is 9.38. The number of rotatable bonds is 2. The monoisotopic (exact) mass is 338 g/mol. The summed E-state index contributed by atoms with van der Waals surface area (Å²) in [6.07, 6.45) is 0. The number of fused-ring (bicyclic) bond motifs is 1. The first kappa shape index (κ1) is 12.6. The van der Waals surface area contributed by atoms with Crippen LogP contribution in [0.25, 0.3) is 16.7 Å². The minimum atomic E-state index is -0.261. The Kier molecular flexibility index (Phi) is 3.29. The number of halogens is 3. The summed E-state index contributed by atoms with van der Waals surface area (Å²) in [7, 11) is 0.